The van der Waals surface area contributed by atoms with Crippen molar-refractivity contribution in [1.82, 2.24) is 14.5 Å². The second-order valence-corrected chi connectivity index (χ2v) is 15.8. The van der Waals surface area contributed by atoms with Gasteiger partial charge in [0.05, 0.1) is 31.6 Å². The minimum atomic E-state index is 0.793. The molecule has 0 aliphatic carbocycles. The lowest BCUT2D eigenvalue weighted by molar-refractivity contribution is 1.10. The van der Waals surface area contributed by atoms with Crippen molar-refractivity contribution in [2.24, 2.45) is 0 Å². The molecule has 4 heterocycles. The van der Waals surface area contributed by atoms with E-state index in [0.29, 0.717) is 0 Å². The maximum atomic E-state index is 4.95. The van der Waals surface area contributed by atoms with Gasteiger partial charge in [0.15, 0.2) is 0 Å². The topological polar surface area (TPSA) is 30.7 Å². The van der Waals surface area contributed by atoms with E-state index in [-0.39, 0.29) is 0 Å². The smallest absolute Gasteiger partial charge is 0.126 e. The van der Waals surface area contributed by atoms with E-state index >= 15 is 0 Å². The minimum absolute atomic E-state index is 0.793. The fourth-order valence-electron chi connectivity index (χ4n) is 8.19. The standard InChI is InChI=1S/C39H23N3S2.C10H8/c1-22-40-35(39-36(41-22)29-14-6-9-17-32(29)44-39)23-18-20-24(21-19-23)42-30-15-7-4-12-27(30)33-25-10-2-3-11-26(25)34-28-13-5-8-16-31(28)43-38(34)37(33)42;1-2-6-10-8-4-3-7-9(10)5-1/h2-21H,1H3;1-8H. The quantitative estimate of drug-likeness (QED) is 0.178. The molecular weight excluding hydrogens is 695 g/mol. The minimum Gasteiger partial charge on any atom is -0.308 e. The first-order valence-electron chi connectivity index (χ1n) is 18.2. The van der Waals surface area contributed by atoms with Gasteiger partial charge >= 0.3 is 0 Å². The van der Waals surface area contributed by atoms with Crippen molar-refractivity contribution in [2.45, 2.75) is 6.92 Å². The van der Waals surface area contributed by atoms with Crippen LogP contribution in [0.4, 0.5) is 0 Å². The van der Waals surface area contributed by atoms with E-state index in [1.807, 2.05) is 18.3 Å². The highest BCUT2D eigenvalue weighted by Gasteiger charge is 2.22. The Bertz CT molecular complexity index is 3340. The summed E-state index contributed by atoms with van der Waals surface area (Å²) in [7, 11) is 0. The summed E-state index contributed by atoms with van der Waals surface area (Å²) in [5.41, 5.74) is 6.79. The Kier molecular flexibility index (Phi) is 7.12. The average molecular weight is 726 g/mol. The molecule has 5 heteroatoms. The molecule has 0 atom stereocenters. The molecule has 0 bridgehead atoms. The molecule has 0 unspecified atom stereocenters. The predicted molar refractivity (Wildman–Crippen MR) is 234 cm³/mol. The molecule has 0 amide bonds. The summed E-state index contributed by atoms with van der Waals surface area (Å²) in [6, 6.07) is 60.8. The van der Waals surface area contributed by atoms with Crippen molar-refractivity contribution < 1.29 is 0 Å². The Morgan fingerprint density at radius 2 is 0.963 bits per heavy atom. The van der Waals surface area contributed by atoms with E-state index in [4.69, 9.17) is 9.97 Å². The molecule has 0 saturated heterocycles. The predicted octanol–water partition coefficient (Wildman–Crippen LogP) is 14.3. The first kappa shape index (κ1) is 31.2. The average Bonchev–Trinajstić information content (AvgIpc) is 3.91. The maximum Gasteiger partial charge on any atom is 0.126 e. The third-order valence-corrected chi connectivity index (χ3v) is 12.9. The van der Waals surface area contributed by atoms with Gasteiger partial charge in [-0.2, -0.15) is 0 Å². The second-order valence-electron chi connectivity index (χ2n) is 13.7. The van der Waals surface area contributed by atoms with Crippen molar-refractivity contribution in [3.05, 3.63) is 176 Å². The number of nitrogens with zero attached hydrogens (tertiary/aromatic N) is 3. The van der Waals surface area contributed by atoms with Crippen LogP contribution in [0.1, 0.15) is 5.82 Å². The van der Waals surface area contributed by atoms with Crippen molar-refractivity contribution >= 4 is 106 Å². The molecule has 0 fully saturated rings. The van der Waals surface area contributed by atoms with E-state index in [2.05, 4.69) is 174 Å². The Balaban J connectivity index is 0.000000296. The summed E-state index contributed by atoms with van der Waals surface area (Å²) in [4.78, 5) is 9.80. The van der Waals surface area contributed by atoms with Crippen molar-refractivity contribution in [3.63, 3.8) is 0 Å². The molecule has 3 nitrogen and oxygen atoms in total. The van der Waals surface area contributed by atoms with E-state index in [9.17, 15) is 0 Å². The van der Waals surface area contributed by atoms with Crippen LogP contribution in [0.25, 0.3) is 101 Å². The number of aromatic nitrogens is 3. The van der Waals surface area contributed by atoms with Crippen LogP contribution in [0, 0.1) is 6.92 Å². The van der Waals surface area contributed by atoms with Gasteiger partial charge in [0, 0.05) is 47.6 Å². The number of hydrogen-bond donors (Lipinski definition) is 0. The molecular formula is C49H31N3S2. The highest BCUT2D eigenvalue weighted by Crippen LogP contribution is 2.48. The number of rotatable bonds is 2. The summed E-state index contributed by atoms with van der Waals surface area (Å²) < 4.78 is 7.50. The first-order valence-corrected chi connectivity index (χ1v) is 19.8. The Morgan fingerprint density at radius 3 is 1.65 bits per heavy atom. The summed E-state index contributed by atoms with van der Waals surface area (Å²) >= 11 is 3.67. The van der Waals surface area contributed by atoms with E-state index < -0.39 is 0 Å². The van der Waals surface area contributed by atoms with Crippen molar-refractivity contribution in [3.8, 4) is 16.9 Å². The second kappa shape index (κ2) is 12.3. The number of benzene rings is 8. The van der Waals surface area contributed by atoms with Crippen LogP contribution >= 0.6 is 22.7 Å². The Labute approximate surface area is 319 Å². The first-order chi connectivity index (χ1) is 26.7. The van der Waals surface area contributed by atoms with Gasteiger partial charge in [-0.1, -0.05) is 140 Å². The number of para-hydroxylation sites is 1. The van der Waals surface area contributed by atoms with Crippen molar-refractivity contribution in [1.29, 1.82) is 0 Å². The van der Waals surface area contributed by atoms with Crippen LogP contribution < -0.4 is 0 Å². The molecule has 0 radical (unpaired) electrons. The summed E-state index contributed by atoms with van der Waals surface area (Å²) in [5, 5.41) is 11.7. The van der Waals surface area contributed by atoms with Crippen LogP contribution in [0.2, 0.25) is 0 Å². The monoisotopic (exact) mass is 725 g/mol. The molecule has 0 saturated carbocycles. The zero-order valence-electron chi connectivity index (χ0n) is 29.3. The SMILES string of the molecule is Cc1nc(-c2ccc(-n3c4ccccc4c4c5ccccc5c5c6ccccc6sc5c43)cc2)c2sc3ccccc3c2n1.c1ccc2ccccc2c1. The summed E-state index contributed by atoms with van der Waals surface area (Å²) in [5.74, 6) is 0.793. The van der Waals surface area contributed by atoms with Crippen molar-refractivity contribution in [2.75, 3.05) is 0 Å². The highest BCUT2D eigenvalue weighted by atomic mass is 32.1. The Morgan fingerprint density at radius 1 is 0.444 bits per heavy atom. The normalized spacial score (nSPS) is 11.8. The molecule has 0 aliphatic heterocycles. The van der Waals surface area contributed by atoms with Gasteiger partial charge < -0.3 is 4.57 Å². The lowest BCUT2D eigenvalue weighted by Crippen LogP contribution is -1.95. The van der Waals surface area contributed by atoms with E-state index in [1.165, 1.54) is 73.6 Å². The van der Waals surface area contributed by atoms with Gasteiger partial charge in [0.25, 0.3) is 0 Å². The molecule has 0 spiro atoms. The molecule has 0 aliphatic rings. The van der Waals surface area contributed by atoms with Crippen LogP contribution in [-0.4, -0.2) is 14.5 Å². The van der Waals surface area contributed by atoms with Gasteiger partial charge in [-0.05, 0) is 58.8 Å². The number of aryl methyl sites for hydroxylation is 1. The number of fused-ring (bicyclic) bond motifs is 14. The van der Waals surface area contributed by atoms with Gasteiger partial charge in [-0.25, -0.2) is 9.97 Å². The molecule has 4 aromatic heterocycles. The summed E-state index contributed by atoms with van der Waals surface area (Å²) in [6.45, 7) is 1.99. The van der Waals surface area contributed by atoms with Crippen LogP contribution in [-0.2, 0) is 0 Å². The van der Waals surface area contributed by atoms with Gasteiger partial charge in [-0.3, -0.25) is 0 Å². The number of thiophene rings is 2. The molecule has 12 aromatic rings. The maximum absolute atomic E-state index is 4.95. The van der Waals surface area contributed by atoms with Gasteiger partial charge in [0.1, 0.15) is 5.82 Å². The molecule has 254 valence electrons. The van der Waals surface area contributed by atoms with E-state index in [1.54, 1.807) is 11.3 Å². The lowest BCUT2D eigenvalue weighted by atomic mass is 9.99. The Hall–Kier alpha value is -6.40. The molecule has 8 aromatic carbocycles. The fraction of sp³-hybridized carbons (Fsp3) is 0.0204. The molecule has 54 heavy (non-hydrogen) atoms. The zero-order chi connectivity index (χ0) is 35.8. The van der Waals surface area contributed by atoms with Gasteiger partial charge in [0.2, 0.25) is 0 Å². The highest BCUT2D eigenvalue weighted by molar-refractivity contribution is 7.27. The lowest BCUT2D eigenvalue weighted by Gasteiger charge is -2.11. The third kappa shape index (κ3) is 4.79. The number of hydrogen-bond acceptors (Lipinski definition) is 4. The third-order valence-electron chi connectivity index (χ3n) is 10.5. The van der Waals surface area contributed by atoms with E-state index in [0.717, 1.165) is 33.0 Å². The fourth-order valence-corrected chi connectivity index (χ4v) is 10.6. The summed E-state index contributed by atoms with van der Waals surface area (Å²) in [6.07, 6.45) is 0. The van der Waals surface area contributed by atoms with Crippen LogP contribution in [0.15, 0.2) is 170 Å². The van der Waals surface area contributed by atoms with Crippen LogP contribution in [0.5, 0.6) is 0 Å². The largest absolute Gasteiger partial charge is 0.308 e. The molecule has 0 N–H and O–H groups in total. The molecule has 12 rings (SSSR count). The zero-order valence-corrected chi connectivity index (χ0v) is 31.0. The van der Waals surface area contributed by atoms with Crippen LogP contribution in [0.3, 0.4) is 0 Å². The van der Waals surface area contributed by atoms with Gasteiger partial charge in [-0.15, -0.1) is 22.7 Å².